The Morgan fingerprint density at radius 2 is 2.00 bits per heavy atom. The van der Waals surface area contributed by atoms with E-state index >= 15 is 0 Å². The van der Waals surface area contributed by atoms with Gasteiger partial charge < -0.3 is 14.5 Å². The molecule has 1 saturated heterocycles. The van der Waals surface area contributed by atoms with Crippen molar-refractivity contribution >= 4 is 17.4 Å². The van der Waals surface area contributed by atoms with Gasteiger partial charge >= 0.3 is 0 Å². The van der Waals surface area contributed by atoms with E-state index in [1.807, 2.05) is 0 Å². The van der Waals surface area contributed by atoms with Gasteiger partial charge in [0.15, 0.2) is 5.82 Å². The number of nitro benzene ring substituents is 1. The number of rotatable bonds is 3. The van der Waals surface area contributed by atoms with E-state index in [-0.39, 0.29) is 17.6 Å². The topological polar surface area (TPSA) is 102 Å². The Morgan fingerprint density at radius 1 is 1.24 bits per heavy atom. The molecule has 2 aromatic rings. The molecule has 0 saturated carbocycles. The van der Waals surface area contributed by atoms with Crippen molar-refractivity contribution in [2.75, 3.05) is 31.2 Å². The lowest BCUT2D eigenvalue weighted by atomic mass is 10.0. The van der Waals surface area contributed by atoms with E-state index in [2.05, 4.69) is 11.8 Å². The summed E-state index contributed by atoms with van der Waals surface area (Å²) in [6.07, 6.45) is 0.703. The number of carbonyl (C=O) groups is 1. The summed E-state index contributed by atoms with van der Waals surface area (Å²) < 4.78 is 5.57. The van der Waals surface area contributed by atoms with Crippen LogP contribution in [0.2, 0.25) is 0 Å². The molecule has 2 aliphatic heterocycles. The van der Waals surface area contributed by atoms with Gasteiger partial charge in [0.25, 0.3) is 5.69 Å². The van der Waals surface area contributed by atoms with Gasteiger partial charge in [-0.25, -0.2) is 9.97 Å². The Hall–Kier alpha value is -3.07. The Labute approximate surface area is 168 Å². The molecule has 0 spiro atoms. The van der Waals surface area contributed by atoms with E-state index in [1.165, 1.54) is 12.1 Å². The molecule has 29 heavy (non-hydrogen) atoms. The first kappa shape index (κ1) is 19.3. The fourth-order valence-corrected chi connectivity index (χ4v) is 3.82. The highest BCUT2D eigenvalue weighted by atomic mass is 16.6. The van der Waals surface area contributed by atoms with E-state index in [0.29, 0.717) is 44.1 Å². The minimum Gasteiger partial charge on any atom is -0.377 e. The number of ether oxygens (including phenoxy) is 1. The number of anilines is 1. The average Bonchev–Trinajstić information content (AvgIpc) is 2.73. The Bertz CT molecular complexity index is 947. The molecule has 0 N–H and O–H groups in total. The smallest absolute Gasteiger partial charge is 0.269 e. The number of aromatic nitrogens is 2. The molecule has 9 nitrogen and oxygen atoms in total. The van der Waals surface area contributed by atoms with Crippen LogP contribution in [0.15, 0.2) is 24.3 Å². The number of benzene rings is 1. The second-order valence-corrected chi connectivity index (χ2v) is 7.41. The van der Waals surface area contributed by atoms with Gasteiger partial charge in [0.2, 0.25) is 5.91 Å². The molecular weight excluding hydrogens is 374 g/mol. The molecule has 0 aliphatic carbocycles. The van der Waals surface area contributed by atoms with Gasteiger partial charge in [-0.05, 0) is 25.5 Å². The fraction of sp³-hybridized carbons (Fsp3) is 0.450. The number of non-ortho nitro benzene ring substituents is 1. The van der Waals surface area contributed by atoms with E-state index in [0.717, 1.165) is 23.6 Å². The van der Waals surface area contributed by atoms with Crippen LogP contribution in [-0.4, -0.2) is 58.0 Å². The number of morpholine rings is 1. The third-order valence-corrected chi connectivity index (χ3v) is 5.46. The van der Waals surface area contributed by atoms with Crippen LogP contribution in [0.3, 0.4) is 0 Å². The molecule has 4 rings (SSSR count). The van der Waals surface area contributed by atoms with Crippen LogP contribution in [0.1, 0.15) is 25.1 Å². The number of nitrogens with zero attached hydrogens (tertiary/aromatic N) is 5. The zero-order chi connectivity index (χ0) is 20.5. The zero-order valence-electron chi connectivity index (χ0n) is 16.5. The number of hydrogen-bond donors (Lipinski definition) is 0. The second-order valence-electron chi connectivity index (χ2n) is 7.41. The monoisotopic (exact) mass is 397 g/mol. The lowest BCUT2D eigenvalue weighted by Gasteiger charge is -2.37. The highest BCUT2D eigenvalue weighted by Gasteiger charge is 2.29. The van der Waals surface area contributed by atoms with Crippen molar-refractivity contribution in [1.29, 1.82) is 0 Å². The molecule has 1 aromatic heterocycles. The molecule has 1 amide bonds. The van der Waals surface area contributed by atoms with Gasteiger partial charge in [0.05, 0.1) is 36.4 Å². The van der Waals surface area contributed by atoms with Crippen molar-refractivity contribution in [3.8, 4) is 11.4 Å². The Kier molecular flexibility index (Phi) is 5.14. The molecule has 0 bridgehead atoms. The predicted molar refractivity (Wildman–Crippen MR) is 107 cm³/mol. The standard InChI is InChI=1S/C20H23N5O4/c1-13-12-29-10-9-24(13)20-17-7-8-23(14(2)26)11-18(17)21-19(22-20)15-3-5-16(6-4-15)25(27)28/h3-6,13H,7-12H2,1-2H3/t13-/m0/s1. The fourth-order valence-electron chi connectivity index (χ4n) is 3.82. The molecule has 3 heterocycles. The van der Waals surface area contributed by atoms with Crippen molar-refractivity contribution in [3.05, 3.63) is 45.6 Å². The van der Waals surface area contributed by atoms with Crippen LogP contribution in [0.4, 0.5) is 11.5 Å². The van der Waals surface area contributed by atoms with Crippen molar-refractivity contribution in [2.24, 2.45) is 0 Å². The molecule has 1 aromatic carbocycles. The molecular formula is C20H23N5O4. The molecule has 152 valence electrons. The van der Waals surface area contributed by atoms with Crippen LogP contribution in [-0.2, 0) is 22.5 Å². The van der Waals surface area contributed by atoms with Crippen LogP contribution in [0, 0.1) is 10.1 Å². The minimum absolute atomic E-state index is 0.0208. The average molecular weight is 397 g/mol. The lowest BCUT2D eigenvalue weighted by Crippen LogP contribution is -2.45. The maximum absolute atomic E-state index is 11.9. The predicted octanol–water partition coefficient (Wildman–Crippen LogP) is 2.18. The molecule has 0 unspecified atom stereocenters. The lowest BCUT2D eigenvalue weighted by molar-refractivity contribution is -0.384. The van der Waals surface area contributed by atoms with E-state index in [1.54, 1.807) is 24.0 Å². The quantitative estimate of drug-likeness (QED) is 0.578. The van der Waals surface area contributed by atoms with Crippen molar-refractivity contribution in [1.82, 2.24) is 14.9 Å². The number of carbonyl (C=O) groups excluding carboxylic acids is 1. The maximum Gasteiger partial charge on any atom is 0.269 e. The minimum atomic E-state index is -0.428. The summed E-state index contributed by atoms with van der Waals surface area (Å²) >= 11 is 0. The van der Waals surface area contributed by atoms with Gasteiger partial charge in [-0.2, -0.15) is 0 Å². The SMILES string of the molecule is CC(=O)N1CCc2c(nc(-c3ccc([N+](=O)[O-])cc3)nc2N2CCOC[C@@H]2C)C1. The second kappa shape index (κ2) is 7.75. The summed E-state index contributed by atoms with van der Waals surface area (Å²) in [5, 5.41) is 11.0. The highest BCUT2D eigenvalue weighted by Crippen LogP contribution is 2.31. The number of amides is 1. The first-order valence-corrected chi connectivity index (χ1v) is 9.68. The molecule has 0 radical (unpaired) electrons. The van der Waals surface area contributed by atoms with Crippen molar-refractivity contribution in [2.45, 2.75) is 32.9 Å². The summed E-state index contributed by atoms with van der Waals surface area (Å²) in [6, 6.07) is 6.42. The van der Waals surface area contributed by atoms with Crippen LogP contribution < -0.4 is 4.90 Å². The molecule has 1 atom stereocenters. The first-order chi connectivity index (χ1) is 13.9. The molecule has 9 heteroatoms. The maximum atomic E-state index is 11.9. The molecule has 2 aliphatic rings. The van der Waals surface area contributed by atoms with Crippen LogP contribution in [0.25, 0.3) is 11.4 Å². The number of hydrogen-bond acceptors (Lipinski definition) is 7. The number of fused-ring (bicyclic) bond motifs is 1. The van der Waals surface area contributed by atoms with Gasteiger partial charge in [-0.15, -0.1) is 0 Å². The van der Waals surface area contributed by atoms with Gasteiger partial charge in [-0.1, -0.05) is 0 Å². The van der Waals surface area contributed by atoms with E-state index in [9.17, 15) is 14.9 Å². The third-order valence-electron chi connectivity index (χ3n) is 5.46. The van der Waals surface area contributed by atoms with Crippen molar-refractivity contribution in [3.63, 3.8) is 0 Å². The van der Waals surface area contributed by atoms with Gasteiger partial charge in [0, 0.05) is 43.3 Å². The van der Waals surface area contributed by atoms with E-state index < -0.39 is 4.92 Å². The molecule has 1 fully saturated rings. The van der Waals surface area contributed by atoms with Crippen LogP contribution >= 0.6 is 0 Å². The Morgan fingerprint density at radius 3 is 2.66 bits per heavy atom. The summed E-state index contributed by atoms with van der Waals surface area (Å²) in [5.41, 5.74) is 2.64. The normalized spacial score (nSPS) is 19.0. The van der Waals surface area contributed by atoms with E-state index in [4.69, 9.17) is 14.7 Å². The summed E-state index contributed by atoms with van der Waals surface area (Å²) in [5.74, 6) is 1.41. The van der Waals surface area contributed by atoms with Gasteiger partial charge in [-0.3, -0.25) is 14.9 Å². The third kappa shape index (κ3) is 3.77. The summed E-state index contributed by atoms with van der Waals surface area (Å²) in [7, 11) is 0. The number of nitro groups is 1. The Balaban J connectivity index is 1.79. The highest BCUT2D eigenvalue weighted by molar-refractivity contribution is 5.74. The van der Waals surface area contributed by atoms with Gasteiger partial charge in [0.1, 0.15) is 5.82 Å². The first-order valence-electron chi connectivity index (χ1n) is 9.68. The van der Waals surface area contributed by atoms with Crippen LogP contribution in [0.5, 0.6) is 0 Å². The zero-order valence-corrected chi connectivity index (χ0v) is 16.5. The van der Waals surface area contributed by atoms with Crippen molar-refractivity contribution < 1.29 is 14.5 Å². The largest absolute Gasteiger partial charge is 0.377 e. The summed E-state index contributed by atoms with van der Waals surface area (Å²) in [6.45, 7) is 6.76. The summed E-state index contributed by atoms with van der Waals surface area (Å²) in [4.78, 5) is 36.0.